The van der Waals surface area contributed by atoms with Crippen molar-refractivity contribution in [2.75, 3.05) is 33.9 Å². The Bertz CT molecular complexity index is 804. The molecule has 0 aromatic heterocycles. The van der Waals surface area contributed by atoms with E-state index in [4.69, 9.17) is 9.47 Å². The SMILES string of the molecule is CCc1ccc(CN2CCC[C@H](CNC(=O)c3cccc(OC)c3OC)C2)cc1. The van der Waals surface area contributed by atoms with Gasteiger partial charge in [0.1, 0.15) is 0 Å². The lowest BCUT2D eigenvalue weighted by molar-refractivity contribution is 0.0927. The molecular weight excluding hydrogens is 364 g/mol. The van der Waals surface area contributed by atoms with Crippen molar-refractivity contribution in [1.29, 1.82) is 0 Å². The molecule has 2 aromatic carbocycles. The van der Waals surface area contributed by atoms with Crippen LogP contribution in [0.1, 0.15) is 41.3 Å². The Labute approximate surface area is 174 Å². The van der Waals surface area contributed by atoms with E-state index in [1.807, 2.05) is 6.07 Å². The quantitative estimate of drug-likeness (QED) is 0.735. The highest BCUT2D eigenvalue weighted by molar-refractivity contribution is 5.97. The van der Waals surface area contributed by atoms with Crippen LogP contribution in [0.25, 0.3) is 0 Å². The first kappa shape index (κ1) is 21.2. The maximum absolute atomic E-state index is 12.7. The lowest BCUT2D eigenvalue weighted by atomic mass is 9.97. The smallest absolute Gasteiger partial charge is 0.255 e. The molecule has 0 saturated carbocycles. The third-order valence-corrected chi connectivity index (χ3v) is 5.64. The number of methoxy groups -OCH3 is 2. The van der Waals surface area contributed by atoms with E-state index in [-0.39, 0.29) is 5.91 Å². The van der Waals surface area contributed by atoms with E-state index >= 15 is 0 Å². The summed E-state index contributed by atoms with van der Waals surface area (Å²) in [4.78, 5) is 15.2. The number of ether oxygens (including phenoxy) is 2. The van der Waals surface area contributed by atoms with Gasteiger partial charge in [-0.05, 0) is 55.0 Å². The first-order valence-corrected chi connectivity index (χ1v) is 10.4. The minimum absolute atomic E-state index is 0.118. The molecule has 0 unspecified atom stereocenters. The largest absolute Gasteiger partial charge is 0.493 e. The standard InChI is InChI=1S/C24H32N2O3/c1-4-18-10-12-19(13-11-18)16-26-14-6-7-20(17-26)15-25-24(27)21-8-5-9-22(28-2)23(21)29-3/h5,8-13,20H,4,6-7,14-17H2,1-3H3,(H,25,27)/t20-/m1/s1. The highest BCUT2D eigenvalue weighted by atomic mass is 16.5. The first-order valence-electron chi connectivity index (χ1n) is 10.4. The molecule has 2 aromatic rings. The van der Waals surface area contributed by atoms with Gasteiger partial charge in [-0.3, -0.25) is 9.69 Å². The van der Waals surface area contributed by atoms with Crippen LogP contribution in [-0.2, 0) is 13.0 Å². The molecule has 0 bridgehead atoms. The molecule has 0 radical (unpaired) electrons. The summed E-state index contributed by atoms with van der Waals surface area (Å²) in [5, 5.41) is 3.09. The number of para-hydroxylation sites is 1. The summed E-state index contributed by atoms with van der Waals surface area (Å²) >= 11 is 0. The summed E-state index contributed by atoms with van der Waals surface area (Å²) < 4.78 is 10.7. The summed E-state index contributed by atoms with van der Waals surface area (Å²) in [6.45, 7) is 5.94. The Balaban J connectivity index is 1.54. The Hall–Kier alpha value is -2.53. The summed E-state index contributed by atoms with van der Waals surface area (Å²) in [6.07, 6.45) is 3.38. The predicted octanol–water partition coefficient (Wildman–Crippen LogP) is 3.91. The number of carbonyl (C=O) groups excluding carboxylic acids is 1. The number of rotatable bonds is 8. The molecule has 1 fully saturated rings. The Morgan fingerprint density at radius 2 is 1.86 bits per heavy atom. The van der Waals surface area contributed by atoms with Crippen molar-refractivity contribution in [2.24, 2.45) is 5.92 Å². The van der Waals surface area contributed by atoms with E-state index in [1.54, 1.807) is 26.4 Å². The normalized spacial score (nSPS) is 17.0. The maximum atomic E-state index is 12.7. The number of nitrogens with one attached hydrogen (secondary N) is 1. The van der Waals surface area contributed by atoms with E-state index < -0.39 is 0 Å². The minimum Gasteiger partial charge on any atom is -0.493 e. The van der Waals surface area contributed by atoms with Gasteiger partial charge in [0, 0.05) is 19.6 Å². The fourth-order valence-corrected chi connectivity index (χ4v) is 4.00. The minimum atomic E-state index is -0.118. The van der Waals surface area contributed by atoms with Crippen molar-refractivity contribution in [2.45, 2.75) is 32.7 Å². The molecule has 1 amide bonds. The van der Waals surface area contributed by atoms with Crippen LogP contribution < -0.4 is 14.8 Å². The van der Waals surface area contributed by atoms with Gasteiger partial charge in [0.05, 0.1) is 19.8 Å². The van der Waals surface area contributed by atoms with Gasteiger partial charge in [-0.25, -0.2) is 0 Å². The summed E-state index contributed by atoms with van der Waals surface area (Å²) in [5.74, 6) is 1.39. The summed E-state index contributed by atoms with van der Waals surface area (Å²) in [6, 6.07) is 14.3. The second kappa shape index (κ2) is 10.3. The molecule has 3 rings (SSSR count). The van der Waals surface area contributed by atoms with Gasteiger partial charge in [0.25, 0.3) is 5.91 Å². The van der Waals surface area contributed by atoms with E-state index in [9.17, 15) is 4.79 Å². The van der Waals surface area contributed by atoms with Gasteiger partial charge in [-0.2, -0.15) is 0 Å². The Morgan fingerprint density at radius 1 is 1.10 bits per heavy atom. The van der Waals surface area contributed by atoms with Crippen LogP contribution in [0.15, 0.2) is 42.5 Å². The van der Waals surface area contributed by atoms with Crippen LogP contribution in [0.3, 0.4) is 0 Å². The van der Waals surface area contributed by atoms with Gasteiger partial charge in [0.2, 0.25) is 0 Å². The fraction of sp³-hybridized carbons (Fsp3) is 0.458. The number of nitrogens with zero attached hydrogens (tertiary/aromatic N) is 1. The molecule has 5 nitrogen and oxygen atoms in total. The van der Waals surface area contributed by atoms with Gasteiger partial charge in [0.15, 0.2) is 11.5 Å². The molecule has 1 atom stereocenters. The van der Waals surface area contributed by atoms with Crippen LogP contribution in [0, 0.1) is 5.92 Å². The molecule has 1 heterocycles. The van der Waals surface area contributed by atoms with Crippen LogP contribution in [-0.4, -0.2) is 44.7 Å². The van der Waals surface area contributed by atoms with Gasteiger partial charge >= 0.3 is 0 Å². The number of amides is 1. The topological polar surface area (TPSA) is 50.8 Å². The predicted molar refractivity (Wildman–Crippen MR) is 116 cm³/mol. The van der Waals surface area contributed by atoms with Gasteiger partial charge in [-0.1, -0.05) is 37.3 Å². The zero-order valence-electron chi connectivity index (χ0n) is 17.7. The highest BCUT2D eigenvalue weighted by Crippen LogP contribution is 2.30. The third kappa shape index (κ3) is 5.51. The van der Waals surface area contributed by atoms with E-state index in [2.05, 4.69) is 41.4 Å². The van der Waals surface area contributed by atoms with Crippen molar-refractivity contribution in [3.05, 3.63) is 59.2 Å². The zero-order chi connectivity index (χ0) is 20.6. The molecule has 0 spiro atoms. The van der Waals surface area contributed by atoms with Crippen molar-refractivity contribution in [3.63, 3.8) is 0 Å². The van der Waals surface area contributed by atoms with Crippen molar-refractivity contribution in [3.8, 4) is 11.5 Å². The highest BCUT2D eigenvalue weighted by Gasteiger charge is 2.22. The lowest BCUT2D eigenvalue weighted by Gasteiger charge is -2.33. The molecule has 1 N–H and O–H groups in total. The molecule has 29 heavy (non-hydrogen) atoms. The monoisotopic (exact) mass is 396 g/mol. The van der Waals surface area contributed by atoms with Crippen molar-refractivity contribution in [1.82, 2.24) is 10.2 Å². The summed E-state index contributed by atoms with van der Waals surface area (Å²) in [5.41, 5.74) is 3.24. The number of likely N-dealkylation sites (tertiary alicyclic amines) is 1. The summed E-state index contributed by atoms with van der Waals surface area (Å²) in [7, 11) is 3.13. The zero-order valence-corrected chi connectivity index (χ0v) is 17.7. The average molecular weight is 397 g/mol. The van der Waals surface area contributed by atoms with Crippen LogP contribution in [0.2, 0.25) is 0 Å². The second-order valence-electron chi connectivity index (χ2n) is 7.66. The van der Waals surface area contributed by atoms with Crippen molar-refractivity contribution < 1.29 is 14.3 Å². The molecule has 1 aliphatic rings. The number of piperidine rings is 1. The number of hydrogen-bond donors (Lipinski definition) is 1. The first-order chi connectivity index (χ1) is 14.1. The average Bonchev–Trinajstić information content (AvgIpc) is 2.77. The fourth-order valence-electron chi connectivity index (χ4n) is 4.00. The Kier molecular flexibility index (Phi) is 7.53. The number of benzene rings is 2. The Morgan fingerprint density at radius 3 is 2.55 bits per heavy atom. The molecule has 1 aliphatic heterocycles. The number of hydrogen-bond acceptors (Lipinski definition) is 4. The molecule has 1 saturated heterocycles. The van der Waals surface area contributed by atoms with Crippen molar-refractivity contribution >= 4 is 5.91 Å². The van der Waals surface area contributed by atoms with Crippen LogP contribution >= 0.6 is 0 Å². The number of aryl methyl sites for hydroxylation is 1. The molecule has 5 heteroatoms. The van der Waals surface area contributed by atoms with Gasteiger partial charge in [-0.15, -0.1) is 0 Å². The second-order valence-corrected chi connectivity index (χ2v) is 7.66. The van der Waals surface area contributed by atoms with Gasteiger partial charge < -0.3 is 14.8 Å². The molecule has 0 aliphatic carbocycles. The van der Waals surface area contributed by atoms with E-state index in [0.29, 0.717) is 29.5 Å². The lowest BCUT2D eigenvalue weighted by Crippen LogP contribution is -2.40. The molecular formula is C24H32N2O3. The van der Waals surface area contributed by atoms with E-state index in [0.717, 1.165) is 38.9 Å². The maximum Gasteiger partial charge on any atom is 0.255 e. The molecule has 156 valence electrons. The number of carbonyl (C=O) groups is 1. The third-order valence-electron chi connectivity index (χ3n) is 5.64. The van der Waals surface area contributed by atoms with Crippen LogP contribution in [0.5, 0.6) is 11.5 Å². The van der Waals surface area contributed by atoms with Crippen LogP contribution in [0.4, 0.5) is 0 Å². The van der Waals surface area contributed by atoms with E-state index in [1.165, 1.54) is 11.1 Å².